The van der Waals surface area contributed by atoms with E-state index in [1.165, 1.54) is 16.7 Å². The molecule has 0 aromatic heterocycles. The van der Waals surface area contributed by atoms with Crippen LogP contribution < -0.4 is 5.32 Å². The van der Waals surface area contributed by atoms with Gasteiger partial charge in [-0.1, -0.05) is 37.8 Å². The van der Waals surface area contributed by atoms with Gasteiger partial charge in [0, 0.05) is 12.7 Å². The molecule has 1 heteroatoms. The fraction of sp³-hybridized carbons (Fsp3) is 0.286. The molecule has 1 nitrogen and oxygen atoms in total. The molecule has 1 aromatic carbocycles. The highest BCUT2D eigenvalue weighted by atomic mass is 14.8. The van der Waals surface area contributed by atoms with Crippen molar-refractivity contribution in [1.82, 2.24) is 5.32 Å². The van der Waals surface area contributed by atoms with Gasteiger partial charge in [-0.15, -0.1) is 0 Å². The summed E-state index contributed by atoms with van der Waals surface area (Å²) < 4.78 is 0. The minimum atomic E-state index is 0.969. The van der Waals surface area contributed by atoms with E-state index in [9.17, 15) is 0 Å². The van der Waals surface area contributed by atoms with Crippen LogP contribution >= 0.6 is 0 Å². The van der Waals surface area contributed by atoms with E-state index in [1.807, 2.05) is 14.0 Å². The minimum absolute atomic E-state index is 0.969. The van der Waals surface area contributed by atoms with Crippen molar-refractivity contribution in [2.45, 2.75) is 20.3 Å². The highest BCUT2D eigenvalue weighted by molar-refractivity contribution is 5.65. The molecule has 0 aliphatic rings. The first kappa shape index (κ1) is 11.6. The molecule has 1 rings (SSSR count). The molecule has 0 spiro atoms. The first-order valence-electron chi connectivity index (χ1n) is 5.35. The number of nitrogens with one attached hydrogen (secondary N) is 1. The summed E-state index contributed by atoms with van der Waals surface area (Å²) in [6.45, 7) is 8.18. The summed E-state index contributed by atoms with van der Waals surface area (Å²) in [5, 5.41) is 3.07. The molecule has 0 unspecified atom stereocenters. The Morgan fingerprint density at radius 1 is 1.47 bits per heavy atom. The van der Waals surface area contributed by atoms with E-state index in [0.29, 0.717) is 0 Å². The van der Waals surface area contributed by atoms with Crippen molar-refractivity contribution in [1.29, 1.82) is 0 Å². The van der Waals surface area contributed by atoms with E-state index >= 15 is 0 Å². The average Bonchev–Trinajstić information content (AvgIpc) is 2.29. The third-order valence-corrected chi connectivity index (χ3v) is 2.52. The summed E-state index contributed by atoms with van der Waals surface area (Å²) in [4.78, 5) is 0. The van der Waals surface area contributed by atoms with Crippen LogP contribution in [0.15, 0.2) is 30.9 Å². The third-order valence-electron chi connectivity index (χ3n) is 2.52. The lowest BCUT2D eigenvalue weighted by molar-refractivity contribution is 1.10. The predicted molar refractivity (Wildman–Crippen MR) is 68.6 cm³/mol. The Morgan fingerprint density at radius 3 is 2.73 bits per heavy atom. The number of allylic oxidation sites excluding steroid dienone is 1. The zero-order valence-electron chi connectivity index (χ0n) is 9.80. The van der Waals surface area contributed by atoms with Crippen molar-refractivity contribution < 1.29 is 0 Å². The Hall–Kier alpha value is -1.50. The van der Waals surface area contributed by atoms with Gasteiger partial charge in [-0.2, -0.15) is 0 Å². The Balaban J connectivity index is 3.12. The Labute approximate surface area is 92.5 Å². The standard InChI is InChI=1S/C14H19N/c1-5-7-13-8-9-14(11(3)15-4)10-12(13)6-2/h5,7-10,15H,3,6H2,1-2,4H3/b7-5-. The lowest BCUT2D eigenvalue weighted by Gasteiger charge is -2.09. The molecular weight excluding hydrogens is 182 g/mol. The van der Waals surface area contributed by atoms with Gasteiger partial charge in [0.15, 0.2) is 0 Å². The van der Waals surface area contributed by atoms with Gasteiger partial charge in [0.2, 0.25) is 0 Å². The highest BCUT2D eigenvalue weighted by Crippen LogP contribution is 2.18. The SMILES string of the molecule is C=C(NC)c1ccc(/C=C\C)c(CC)c1. The second kappa shape index (κ2) is 5.40. The van der Waals surface area contributed by atoms with E-state index in [0.717, 1.165) is 12.1 Å². The van der Waals surface area contributed by atoms with Gasteiger partial charge in [-0.25, -0.2) is 0 Å². The largest absolute Gasteiger partial charge is 0.388 e. The van der Waals surface area contributed by atoms with Crippen LogP contribution in [0, 0.1) is 0 Å². The number of aryl methyl sites for hydroxylation is 1. The summed E-state index contributed by atoms with van der Waals surface area (Å²) in [5.74, 6) is 0. The maximum atomic E-state index is 3.97. The zero-order valence-corrected chi connectivity index (χ0v) is 9.80. The van der Waals surface area contributed by atoms with Crippen LogP contribution in [0.4, 0.5) is 0 Å². The lowest BCUT2D eigenvalue weighted by atomic mass is 10.0. The van der Waals surface area contributed by atoms with Gasteiger partial charge < -0.3 is 5.32 Å². The molecule has 0 fully saturated rings. The quantitative estimate of drug-likeness (QED) is 0.786. The minimum Gasteiger partial charge on any atom is -0.388 e. The van der Waals surface area contributed by atoms with E-state index in [1.54, 1.807) is 0 Å². The van der Waals surface area contributed by atoms with Gasteiger partial charge in [0.25, 0.3) is 0 Å². The van der Waals surface area contributed by atoms with Crippen molar-refractivity contribution in [2.75, 3.05) is 7.05 Å². The molecule has 0 atom stereocenters. The number of hydrogen-bond acceptors (Lipinski definition) is 1. The maximum absolute atomic E-state index is 3.97. The first-order valence-corrected chi connectivity index (χ1v) is 5.35. The molecule has 15 heavy (non-hydrogen) atoms. The molecule has 0 amide bonds. The Kier molecular flexibility index (Phi) is 4.17. The van der Waals surface area contributed by atoms with Gasteiger partial charge >= 0.3 is 0 Å². The zero-order chi connectivity index (χ0) is 11.3. The number of hydrogen-bond donors (Lipinski definition) is 1. The Bertz CT molecular complexity index is 375. The summed E-state index contributed by atoms with van der Waals surface area (Å²) in [7, 11) is 1.90. The van der Waals surface area contributed by atoms with Crippen molar-refractivity contribution in [3.63, 3.8) is 0 Å². The van der Waals surface area contributed by atoms with Gasteiger partial charge in [-0.3, -0.25) is 0 Å². The fourth-order valence-electron chi connectivity index (χ4n) is 1.59. The first-order chi connectivity index (χ1) is 7.22. The molecule has 0 bridgehead atoms. The van der Waals surface area contributed by atoms with Crippen molar-refractivity contribution in [3.8, 4) is 0 Å². The van der Waals surface area contributed by atoms with E-state index in [-0.39, 0.29) is 0 Å². The highest BCUT2D eigenvalue weighted by Gasteiger charge is 2.01. The normalized spacial score (nSPS) is 10.6. The molecule has 0 aliphatic heterocycles. The van der Waals surface area contributed by atoms with Crippen LogP contribution in [0.1, 0.15) is 30.5 Å². The van der Waals surface area contributed by atoms with Crippen molar-refractivity contribution in [3.05, 3.63) is 47.5 Å². The number of benzene rings is 1. The van der Waals surface area contributed by atoms with E-state index in [2.05, 4.69) is 49.2 Å². The topological polar surface area (TPSA) is 12.0 Å². The smallest absolute Gasteiger partial charge is 0.0338 e. The molecule has 0 heterocycles. The maximum Gasteiger partial charge on any atom is 0.0338 e. The molecule has 0 radical (unpaired) electrons. The van der Waals surface area contributed by atoms with Crippen LogP contribution in [0.25, 0.3) is 11.8 Å². The summed E-state index contributed by atoms with van der Waals surface area (Å²) in [5.41, 5.74) is 4.80. The van der Waals surface area contributed by atoms with Crippen LogP contribution in [-0.4, -0.2) is 7.05 Å². The third kappa shape index (κ3) is 2.72. The molecule has 0 aliphatic carbocycles. The molecule has 1 N–H and O–H groups in total. The fourth-order valence-corrected chi connectivity index (χ4v) is 1.59. The summed E-state index contributed by atoms with van der Waals surface area (Å²) in [6, 6.07) is 6.46. The van der Waals surface area contributed by atoms with Gasteiger partial charge in [-0.05, 0) is 36.1 Å². The van der Waals surface area contributed by atoms with Crippen LogP contribution in [0.3, 0.4) is 0 Å². The van der Waals surface area contributed by atoms with Crippen LogP contribution in [0.5, 0.6) is 0 Å². The molecule has 80 valence electrons. The van der Waals surface area contributed by atoms with Crippen LogP contribution in [0.2, 0.25) is 0 Å². The molecule has 1 aromatic rings. The summed E-state index contributed by atoms with van der Waals surface area (Å²) >= 11 is 0. The van der Waals surface area contributed by atoms with E-state index < -0.39 is 0 Å². The van der Waals surface area contributed by atoms with Gasteiger partial charge in [0.1, 0.15) is 0 Å². The predicted octanol–water partition coefficient (Wildman–Crippen LogP) is 3.47. The van der Waals surface area contributed by atoms with Crippen LogP contribution in [-0.2, 0) is 6.42 Å². The van der Waals surface area contributed by atoms with E-state index in [4.69, 9.17) is 0 Å². The number of rotatable bonds is 4. The van der Waals surface area contributed by atoms with Crippen molar-refractivity contribution in [2.24, 2.45) is 0 Å². The molecule has 0 saturated carbocycles. The second-order valence-corrected chi connectivity index (χ2v) is 3.50. The molecular formula is C14H19N. The summed E-state index contributed by atoms with van der Waals surface area (Å²) in [6.07, 6.45) is 5.26. The second-order valence-electron chi connectivity index (χ2n) is 3.50. The Morgan fingerprint density at radius 2 is 2.20 bits per heavy atom. The molecule has 0 saturated heterocycles. The average molecular weight is 201 g/mol. The van der Waals surface area contributed by atoms with Gasteiger partial charge in [0.05, 0.1) is 0 Å². The monoisotopic (exact) mass is 201 g/mol. The van der Waals surface area contributed by atoms with Crippen molar-refractivity contribution >= 4 is 11.8 Å². The lowest BCUT2D eigenvalue weighted by Crippen LogP contribution is -2.03.